The van der Waals surface area contributed by atoms with Crippen LogP contribution in [-0.2, 0) is 6.54 Å². The molecule has 0 atom stereocenters. The second-order valence-corrected chi connectivity index (χ2v) is 8.92. The van der Waals surface area contributed by atoms with E-state index in [0.29, 0.717) is 16.7 Å². The van der Waals surface area contributed by atoms with Crippen LogP contribution in [0.5, 0.6) is 0 Å². The van der Waals surface area contributed by atoms with Crippen LogP contribution in [0.2, 0.25) is 0 Å². The van der Waals surface area contributed by atoms with E-state index in [1.165, 1.54) is 11.1 Å². The van der Waals surface area contributed by atoms with Crippen LogP contribution in [0.1, 0.15) is 17.2 Å². The van der Waals surface area contributed by atoms with E-state index < -0.39 is 0 Å². The van der Waals surface area contributed by atoms with Gasteiger partial charge in [-0.2, -0.15) is 0 Å². The van der Waals surface area contributed by atoms with Gasteiger partial charge in [-0.1, -0.05) is 72.8 Å². The first kappa shape index (κ1) is 21.8. The third-order valence-corrected chi connectivity index (χ3v) is 6.85. The van der Waals surface area contributed by atoms with Crippen LogP contribution in [0.3, 0.4) is 0 Å². The van der Waals surface area contributed by atoms with Crippen LogP contribution in [0.4, 0.5) is 0 Å². The molecule has 0 spiro atoms. The topological polar surface area (TPSA) is 44.3 Å². The number of fused-ring (bicyclic) bond motifs is 1. The minimum atomic E-state index is -0.0128. The molecular weight excluding hydrogens is 428 g/mol. The fraction of sp³-hybridized carbons (Fsp3) is 0.259. The standard InChI is InChI=1S/C27H28N4OS/c32-26-23-13-7-8-14-24(23)28-27(33)31(26)20-17-29-15-18-30(19-16-29)25(21-9-3-1-4-10-21)22-11-5-2-6-12-22/h1-14,25H,15-20H2,(H,28,33). The summed E-state index contributed by atoms with van der Waals surface area (Å²) in [5, 5.41) is 0.685. The number of rotatable bonds is 6. The van der Waals surface area contributed by atoms with E-state index in [2.05, 4.69) is 75.4 Å². The monoisotopic (exact) mass is 456 g/mol. The van der Waals surface area contributed by atoms with Crippen molar-refractivity contribution in [2.24, 2.45) is 0 Å². The molecule has 5 rings (SSSR count). The van der Waals surface area contributed by atoms with Crippen LogP contribution in [0.25, 0.3) is 10.9 Å². The van der Waals surface area contributed by atoms with Crippen molar-refractivity contribution >= 4 is 23.1 Å². The van der Waals surface area contributed by atoms with Gasteiger partial charge in [0.15, 0.2) is 4.77 Å². The summed E-state index contributed by atoms with van der Waals surface area (Å²) < 4.78 is 2.19. The molecule has 1 fully saturated rings. The maximum atomic E-state index is 12.9. The molecule has 5 nitrogen and oxygen atoms in total. The summed E-state index contributed by atoms with van der Waals surface area (Å²) in [4.78, 5) is 21.1. The first-order valence-electron chi connectivity index (χ1n) is 11.5. The van der Waals surface area contributed by atoms with Crippen LogP contribution < -0.4 is 5.56 Å². The van der Waals surface area contributed by atoms with E-state index in [1.54, 1.807) is 4.57 Å². The lowest BCUT2D eigenvalue weighted by Crippen LogP contribution is -2.48. The summed E-state index contributed by atoms with van der Waals surface area (Å²) in [5.74, 6) is 0. The van der Waals surface area contributed by atoms with Gasteiger partial charge in [0.25, 0.3) is 5.56 Å². The van der Waals surface area contributed by atoms with Gasteiger partial charge in [-0.15, -0.1) is 0 Å². The first-order valence-corrected chi connectivity index (χ1v) is 11.9. The molecule has 6 heteroatoms. The predicted molar refractivity (Wildman–Crippen MR) is 136 cm³/mol. The van der Waals surface area contributed by atoms with Crippen LogP contribution in [0.15, 0.2) is 89.7 Å². The van der Waals surface area contributed by atoms with E-state index in [0.717, 1.165) is 38.2 Å². The number of hydrogen-bond donors (Lipinski definition) is 1. The Morgan fingerprint density at radius 3 is 1.97 bits per heavy atom. The van der Waals surface area contributed by atoms with E-state index >= 15 is 0 Å². The third kappa shape index (κ3) is 4.69. The van der Waals surface area contributed by atoms with Crippen molar-refractivity contribution in [3.05, 3.63) is 111 Å². The molecule has 0 amide bonds. The molecule has 1 aliphatic rings. The maximum Gasteiger partial charge on any atom is 0.262 e. The number of nitrogens with zero attached hydrogens (tertiary/aromatic N) is 3. The smallest absolute Gasteiger partial charge is 0.262 e. The van der Waals surface area contributed by atoms with Gasteiger partial charge in [0, 0.05) is 39.3 Å². The summed E-state index contributed by atoms with van der Waals surface area (Å²) >= 11 is 5.48. The van der Waals surface area contributed by atoms with Crippen molar-refractivity contribution in [1.82, 2.24) is 19.4 Å². The summed E-state index contributed by atoms with van der Waals surface area (Å²) in [7, 11) is 0. The zero-order valence-electron chi connectivity index (χ0n) is 18.6. The number of para-hydroxylation sites is 1. The van der Waals surface area contributed by atoms with Crippen molar-refractivity contribution in [3.8, 4) is 0 Å². The average molecular weight is 457 g/mol. The fourth-order valence-corrected chi connectivity index (χ4v) is 5.06. The number of benzene rings is 3. The number of piperazine rings is 1. The zero-order chi connectivity index (χ0) is 22.6. The van der Waals surface area contributed by atoms with Crippen molar-refractivity contribution in [2.75, 3.05) is 32.7 Å². The minimum Gasteiger partial charge on any atom is -0.332 e. The summed E-state index contributed by atoms with van der Waals surface area (Å²) in [6.07, 6.45) is 0. The van der Waals surface area contributed by atoms with Crippen molar-refractivity contribution < 1.29 is 0 Å². The molecule has 1 aromatic heterocycles. The highest BCUT2D eigenvalue weighted by molar-refractivity contribution is 7.71. The SMILES string of the molecule is O=c1c2ccccc2[nH]c(=S)n1CCN1CCN(C(c2ccccc2)c2ccccc2)CC1. The number of nitrogens with one attached hydrogen (secondary N) is 1. The lowest BCUT2D eigenvalue weighted by Gasteiger charge is -2.39. The highest BCUT2D eigenvalue weighted by Crippen LogP contribution is 2.29. The normalized spacial score (nSPS) is 15.3. The third-order valence-electron chi connectivity index (χ3n) is 6.53. The Morgan fingerprint density at radius 2 is 1.33 bits per heavy atom. The van der Waals surface area contributed by atoms with Crippen molar-refractivity contribution in [1.29, 1.82) is 0 Å². The number of H-pyrrole nitrogens is 1. The Kier molecular flexibility index (Phi) is 6.48. The van der Waals surface area contributed by atoms with Crippen molar-refractivity contribution in [3.63, 3.8) is 0 Å². The van der Waals surface area contributed by atoms with Gasteiger partial charge >= 0.3 is 0 Å². The molecule has 168 valence electrons. The molecule has 0 radical (unpaired) electrons. The molecule has 4 aromatic rings. The summed E-state index contributed by atoms with van der Waals surface area (Å²) in [6, 6.07) is 29.3. The van der Waals surface area contributed by atoms with E-state index in [1.807, 2.05) is 24.3 Å². The molecule has 0 aliphatic carbocycles. The Morgan fingerprint density at radius 1 is 0.758 bits per heavy atom. The molecule has 0 bridgehead atoms. The van der Waals surface area contributed by atoms with Gasteiger partial charge < -0.3 is 4.98 Å². The van der Waals surface area contributed by atoms with Gasteiger partial charge in [-0.25, -0.2) is 0 Å². The van der Waals surface area contributed by atoms with E-state index in [4.69, 9.17) is 12.2 Å². The van der Waals surface area contributed by atoms with Crippen LogP contribution in [0, 0.1) is 4.77 Å². The second-order valence-electron chi connectivity index (χ2n) is 8.53. The second kappa shape index (κ2) is 9.83. The maximum absolute atomic E-state index is 12.9. The largest absolute Gasteiger partial charge is 0.332 e. The Bertz CT molecular complexity index is 1290. The fourth-order valence-electron chi connectivity index (χ4n) is 4.77. The minimum absolute atomic E-state index is 0.0128. The Balaban J connectivity index is 1.28. The summed E-state index contributed by atoms with van der Waals surface area (Å²) in [5.41, 5.74) is 3.43. The predicted octanol–water partition coefficient (Wildman–Crippen LogP) is 4.47. The van der Waals surface area contributed by atoms with Crippen LogP contribution >= 0.6 is 12.2 Å². The van der Waals surface area contributed by atoms with Crippen molar-refractivity contribution in [2.45, 2.75) is 12.6 Å². The highest BCUT2D eigenvalue weighted by Gasteiger charge is 2.26. The molecule has 2 heterocycles. The van der Waals surface area contributed by atoms with Gasteiger partial charge in [-0.3, -0.25) is 19.2 Å². The van der Waals surface area contributed by atoms with Gasteiger partial charge in [0.2, 0.25) is 0 Å². The Labute approximate surface area is 198 Å². The van der Waals surface area contributed by atoms with E-state index in [9.17, 15) is 4.79 Å². The summed E-state index contributed by atoms with van der Waals surface area (Å²) in [6.45, 7) is 5.30. The molecule has 1 saturated heterocycles. The van der Waals surface area contributed by atoms with Crippen LogP contribution in [-0.4, -0.2) is 52.1 Å². The molecule has 1 N–H and O–H groups in total. The zero-order valence-corrected chi connectivity index (χ0v) is 19.4. The average Bonchev–Trinajstić information content (AvgIpc) is 2.86. The lowest BCUT2D eigenvalue weighted by molar-refractivity contribution is 0.106. The molecular formula is C27H28N4OS. The molecule has 3 aromatic carbocycles. The highest BCUT2D eigenvalue weighted by atomic mass is 32.1. The molecule has 1 aliphatic heterocycles. The lowest BCUT2D eigenvalue weighted by atomic mass is 9.96. The first-order chi connectivity index (χ1) is 16.2. The van der Waals surface area contributed by atoms with Gasteiger partial charge in [0.1, 0.15) is 0 Å². The van der Waals surface area contributed by atoms with Gasteiger partial charge in [-0.05, 0) is 35.5 Å². The molecule has 0 saturated carbocycles. The molecule has 0 unspecified atom stereocenters. The number of aromatic nitrogens is 2. The van der Waals surface area contributed by atoms with E-state index in [-0.39, 0.29) is 11.6 Å². The van der Waals surface area contributed by atoms with Gasteiger partial charge in [0.05, 0.1) is 16.9 Å². The quantitative estimate of drug-likeness (QED) is 0.435. The number of aromatic amines is 1. The number of hydrogen-bond acceptors (Lipinski definition) is 4. The Hall–Kier alpha value is -3.06. The molecule has 33 heavy (non-hydrogen) atoms.